The molecule has 172 valence electrons. The zero-order chi connectivity index (χ0) is 21.7. The summed E-state index contributed by atoms with van der Waals surface area (Å²) in [5.41, 5.74) is 1.13. The molecule has 1 heteroatoms. The second-order valence-electron chi connectivity index (χ2n) is 13.3. The first-order valence-corrected chi connectivity index (χ1v) is 13.5. The first kappa shape index (κ1) is 22.7. The SMILES string of the molecule is C=C(O)C(C)(C)CCC[C@@H](C)[C@H]1CC[C@H]2[C@@H]3CCC4CCCC[C@]4(C)[C@H]3CC[C@]12C. The molecule has 1 N–H and O–H groups in total. The Hall–Kier alpha value is -0.460. The molecule has 0 bridgehead atoms. The number of aliphatic hydroxyl groups is 1. The number of hydrogen-bond acceptors (Lipinski definition) is 1. The number of aliphatic hydroxyl groups excluding tert-OH is 1. The van der Waals surface area contributed by atoms with Crippen molar-refractivity contribution < 1.29 is 5.11 Å². The van der Waals surface area contributed by atoms with Crippen molar-refractivity contribution in [1.82, 2.24) is 0 Å². The summed E-state index contributed by atoms with van der Waals surface area (Å²) in [7, 11) is 0. The minimum absolute atomic E-state index is 0.131. The second kappa shape index (κ2) is 8.15. The van der Waals surface area contributed by atoms with Crippen molar-refractivity contribution in [3.05, 3.63) is 12.3 Å². The molecule has 0 radical (unpaired) electrons. The van der Waals surface area contributed by atoms with Crippen LogP contribution in [0, 0.1) is 51.8 Å². The lowest BCUT2D eigenvalue weighted by Gasteiger charge is -2.61. The smallest absolute Gasteiger partial charge is 0.0907 e. The molecule has 4 saturated carbocycles. The molecule has 1 nitrogen and oxygen atoms in total. The van der Waals surface area contributed by atoms with Gasteiger partial charge in [-0.15, -0.1) is 0 Å². The van der Waals surface area contributed by atoms with Gasteiger partial charge in [-0.05, 0) is 104 Å². The number of fused-ring (bicyclic) bond motifs is 5. The Kier molecular flexibility index (Phi) is 6.17. The molecular formula is C29H50O. The maximum Gasteiger partial charge on any atom is 0.0907 e. The number of hydrogen-bond donors (Lipinski definition) is 1. The zero-order valence-corrected chi connectivity index (χ0v) is 20.8. The van der Waals surface area contributed by atoms with E-state index in [0.717, 1.165) is 41.9 Å². The molecule has 4 aliphatic rings. The fourth-order valence-electron chi connectivity index (χ4n) is 9.48. The summed E-state index contributed by atoms with van der Waals surface area (Å²) in [6.45, 7) is 16.0. The summed E-state index contributed by atoms with van der Waals surface area (Å²) in [5.74, 6) is 6.18. The topological polar surface area (TPSA) is 20.2 Å². The maximum atomic E-state index is 9.87. The average molecular weight is 415 g/mol. The van der Waals surface area contributed by atoms with Gasteiger partial charge in [-0.3, -0.25) is 0 Å². The molecule has 4 fully saturated rings. The lowest BCUT2D eigenvalue weighted by molar-refractivity contribution is -0.114. The van der Waals surface area contributed by atoms with Crippen LogP contribution in [0.15, 0.2) is 12.3 Å². The van der Waals surface area contributed by atoms with Crippen molar-refractivity contribution >= 4 is 0 Å². The van der Waals surface area contributed by atoms with E-state index in [2.05, 4.69) is 41.2 Å². The van der Waals surface area contributed by atoms with E-state index in [4.69, 9.17) is 0 Å². The average Bonchev–Trinajstić information content (AvgIpc) is 3.04. The molecule has 0 aromatic carbocycles. The van der Waals surface area contributed by atoms with Gasteiger partial charge in [0.1, 0.15) is 0 Å². The van der Waals surface area contributed by atoms with Crippen molar-refractivity contribution in [2.75, 3.05) is 0 Å². The lowest BCUT2D eigenvalue weighted by Crippen LogP contribution is -2.53. The summed E-state index contributed by atoms with van der Waals surface area (Å²) in [5, 5.41) is 9.87. The van der Waals surface area contributed by atoms with Gasteiger partial charge in [-0.2, -0.15) is 0 Å². The van der Waals surface area contributed by atoms with E-state index in [1.54, 1.807) is 6.42 Å². The first-order valence-electron chi connectivity index (χ1n) is 13.5. The van der Waals surface area contributed by atoms with Crippen LogP contribution in [-0.2, 0) is 0 Å². The summed E-state index contributed by atoms with van der Waals surface area (Å²) in [6.07, 6.45) is 18.7. The van der Waals surface area contributed by atoms with Gasteiger partial charge >= 0.3 is 0 Å². The molecule has 0 spiro atoms. The number of rotatable bonds is 6. The Labute approximate surface area is 187 Å². The van der Waals surface area contributed by atoms with Gasteiger partial charge in [-0.1, -0.05) is 66.9 Å². The zero-order valence-electron chi connectivity index (χ0n) is 20.8. The van der Waals surface area contributed by atoms with Gasteiger partial charge in [0, 0.05) is 5.41 Å². The van der Waals surface area contributed by atoms with Crippen LogP contribution in [0.1, 0.15) is 118 Å². The van der Waals surface area contributed by atoms with Crippen LogP contribution in [0.25, 0.3) is 0 Å². The predicted octanol–water partition coefficient (Wildman–Crippen LogP) is 8.94. The van der Waals surface area contributed by atoms with Gasteiger partial charge in [0.15, 0.2) is 0 Å². The van der Waals surface area contributed by atoms with Gasteiger partial charge in [0.05, 0.1) is 5.76 Å². The summed E-state index contributed by atoms with van der Waals surface area (Å²) in [4.78, 5) is 0. The fraction of sp³-hybridized carbons (Fsp3) is 0.931. The maximum absolute atomic E-state index is 9.87. The molecule has 0 aromatic heterocycles. The highest BCUT2D eigenvalue weighted by molar-refractivity contribution is 5.09. The summed E-state index contributed by atoms with van der Waals surface area (Å²) in [6, 6.07) is 0. The Morgan fingerprint density at radius 2 is 1.70 bits per heavy atom. The van der Waals surface area contributed by atoms with E-state index in [9.17, 15) is 5.11 Å². The van der Waals surface area contributed by atoms with Crippen molar-refractivity contribution in [1.29, 1.82) is 0 Å². The van der Waals surface area contributed by atoms with Crippen molar-refractivity contribution in [2.24, 2.45) is 51.8 Å². The van der Waals surface area contributed by atoms with E-state index in [1.807, 2.05) is 0 Å². The van der Waals surface area contributed by atoms with Crippen molar-refractivity contribution in [3.8, 4) is 0 Å². The predicted molar refractivity (Wildman–Crippen MR) is 128 cm³/mol. The quantitative estimate of drug-likeness (QED) is 0.430. The van der Waals surface area contributed by atoms with E-state index in [-0.39, 0.29) is 5.41 Å². The van der Waals surface area contributed by atoms with Crippen LogP contribution < -0.4 is 0 Å². The Bertz CT molecular complexity index is 634. The fourth-order valence-corrected chi connectivity index (χ4v) is 9.48. The second-order valence-corrected chi connectivity index (χ2v) is 13.3. The van der Waals surface area contributed by atoms with E-state index in [0.29, 0.717) is 16.6 Å². The third-order valence-electron chi connectivity index (χ3n) is 11.6. The highest BCUT2D eigenvalue weighted by Crippen LogP contribution is 2.68. The highest BCUT2D eigenvalue weighted by atomic mass is 16.3. The Morgan fingerprint density at radius 1 is 0.967 bits per heavy atom. The van der Waals surface area contributed by atoms with Gasteiger partial charge < -0.3 is 5.11 Å². The molecule has 4 aliphatic carbocycles. The molecule has 0 saturated heterocycles. The Morgan fingerprint density at radius 3 is 2.43 bits per heavy atom. The molecule has 30 heavy (non-hydrogen) atoms. The Balaban J connectivity index is 1.42. The summed E-state index contributed by atoms with van der Waals surface area (Å²) >= 11 is 0. The standard InChI is InChI=1S/C29H50O/c1-20(10-9-17-27(3,4)21(2)30)24-14-15-25-23-13-12-22-11-7-8-18-28(22,5)26(23)16-19-29(24,25)6/h20,22-26,30H,2,7-19H2,1,3-6H3/t20-,22?,23+,24-,25+,26+,28+,29-/m1/s1. The first-order chi connectivity index (χ1) is 14.1. The lowest BCUT2D eigenvalue weighted by atomic mass is 9.44. The normalized spacial score (nSPS) is 44.6. The largest absolute Gasteiger partial charge is 0.512 e. The van der Waals surface area contributed by atoms with Crippen LogP contribution >= 0.6 is 0 Å². The molecule has 0 heterocycles. The van der Waals surface area contributed by atoms with E-state index >= 15 is 0 Å². The van der Waals surface area contributed by atoms with Crippen molar-refractivity contribution in [3.63, 3.8) is 0 Å². The molecular weight excluding hydrogens is 364 g/mol. The highest BCUT2D eigenvalue weighted by Gasteiger charge is 2.60. The van der Waals surface area contributed by atoms with Gasteiger partial charge in [0.2, 0.25) is 0 Å². The van der Waals surface area contributed by atoms with Crippen molar-refractivity contribution in [2.45, 2.75) is 118 Å². The van der Waals surface area contributed by atoms with Crippen LogP contribution in [0.4, 0.5) is 0 Å². The van der Waals surface area contributed by atoms with E-state index < -0.39 is 0 Å². The monoisotopic (exact) mass is 414 g/mol. The van der Waals surface area contributed by atoms with Crippen LogP contribution in [0.2, 0.25) is 0 Å². The minimum atomic E-state index is -0.131. The van der Waals surface area contributed by atoms with Crippen LogP contribution in [0.5, 0.6) is 0 Å². The molecule has 0 amide bonds. The molecule has 8 atom stereocenters. The molecule has 0 aromatic rings. The van der Waals surface area contributed by atoms with Gasteiger partial charge in [0.25, 0.3) is 0 Å². The number of allylic oxidation sites excluding steroid dienone is 1. The third kappa shape index (κ3) is 3.69. The van der Waals surface area contributed by atoms with Crippen LogP contribution in [-0.4, -0.2) is 5.11 Å². The molecule has 0 aliphatic heterocycles. The van der Waals surface area contributed by atoms with Crippen LogP contribution in [0.3, 0.4) is 0 Å². The molecule has 4 rings (SSSR count). The third-order valence-corrected chi connectivity index (χ3v) is 11.6. The van der Waals surface area contributed by atoms with E-state index in [1.165, 1.54) is 70.6 Å². The molecule has 1 unspecified atom stereocenters. The summed E-state index contributed by atoms with van der Waals surface area (Å²) < 4.78 is 0. The minimum Gasteiger partial charge on any atom is -0.512 e. The van der Waals surface area contributed by atoms with Gasteiger partial charge in [-0.25, -0.2) is 0 Å².